The van der Waals surface area contributed by atoms with E-state index < -0.39 is 17.1 Å². The van der Waals surface area contributed by atoms with E-state index in [0.717, 1.165) is 27.8 Å². The quantitative estimate of drug-likeness (QED) is 0.463. The number of anilines is 1. The molecule has 1 heterocycles. The molecule has 0 aliphatic carbocycles. The number of thioether (sulfide) groups is 1. The van der Waals surface area contributed by atoms with Crippen LogP contribution in [0.15, 0.2) is 77.7 Å². The van der Waals surface area contributed by atoms with Gasteiger partial charge in [0.15, 0.2) is 0 Å². The van der Waals surface area contributed by atoms with Gasteiger partial charge in [-0.05, 0) is 71.8 Å². The Labute approximate surface area is 200 Å². The number of aryl methyl sites for hydroxylation is 1. The van der Waals surface area contributed by atoms with E-state index in [1.165, 1.54) is 12.1 Å². The van der Waals surface area contributed by atoms with Gasteiger partial charge in [-0.2, -0.15) is 0 Å². The standard InChI is InChI=1S/C26H21FN2O4S/c1-17-5-2-3-8-22(17)28-24(30)15-29-25(31)23(34-26(29)32)14-19-6-4-7-21(13-19)33-16-18-9-11-20(27)12-10-18/h2-14H,15-16H2,1H3,(H,28,30)/b23-14-. The number of hydrogen-bond acceptors (Lipinski definition) is 5. The summed E-state index contributed by atoms with van der Waals surface area (Å²) in [5.74, 6) is -0.719. The Morgan fingerprint density at radius 2 is 1.82 bits per heavy atom. The predicted molar refractivity (Wildman–Crippen MR) is 130 cm³/mol. The van der Waals surface area contributed by atoms with Crippen LogP contribution in [0.2, 0.25) is 0 Å². The molecule has 0 spiro atoms. The van der Waals surface area contributed by atoms with E-state index in [2.05, 4.69) is 5.32 Å². The van der Waals surface area contributed by atoms with Gasteiger partial charge in [-0.1, -0.05) is 42.5 Å². The first kappa shape index (κ1) is 23.3. The maximum absolute atomic E-state index is 13.0. The van der Waals surface area contributed by atoms with Crippen LogP contribution in [0.3, 0.4) is 0 Å². The van der Waals surface area contributed by atoms with Crippen LogP contribution in [0.4, 0.5) is 14.9 Å². The lowest BCUT2D eigenvalue weighted by Crippen LogP contribution is -2.36. The minimum Gasteiger partial charge on any atom is -0.489 e. The molecule has 3 aromatic rings. The highest BCUT2D eigenvalue weighted by Crippen LogP contribution is 2.32. The molecule has 172 valence electrons. The SMILES string of the molecule is Cc1ccccc1NC(=O)CN1C(=O)S/C(=C\c2cccc(OCc3ccc(F)cc3)c2)C1=O. The highest BCUT2D eigenvalue weighted by Gasteiger charge is 2.36. The number of halogens is 1. The summed E-state index contributed by atoms with van der Waals surface area (Å²) >= 11 is 0.788. The summed E-state index contributed by atoms with van der Waals surface area (Å²) in [5, 5.41) is 2.23. The largest absolute Gasteiger partial charge is 0.489 e. The number of rotatable bonds is 7. The number of imide groups is 1. The maximum Gasteiger partial charge on any atom is 0.294 e. The number of benzene rings is 3. The first-order chi connectivity index (χ1) is 16.4. The van der Waals surface area contributed by atoms with E-state index in [1.807, 2.05) is 19.1 Å². The predicted octanol–water partition coefficient (Wildman–Crippen LogP) is 5.39. The van der Waals surface area contributed by atoms with Crippen LogP contribution in [0, 0.1) is 12.7 Å². The first-order valence-corrected chi connectivity index (χ1v) is 11.3. The average Bonchev–Trinajstić information content (AvgIpc) is 3.08. The minimum atomic E-state index is -0.521. The number of para-hydroxylation sites is 1. The fourth-order valence-corrected chi connectivity index (χ4v) is 4.11. The van der Waals surface area contributed by atoms with Crippen molar-refractivity contribution in [1.82, 2.24) is 4.90 Å². The molecule has 3 amide bonds. The molecule has 8 heteroatoms. The van der Waals surface area contributed by atoms with E-state index in [4.69, 9.17) is 4.74 Å². The third-order valence-corrected chi connectivity index (χ3v) is 5.98. The van der Waals surface area contributed by atoms with E-state index in [9.17, 15) is 18.8 Å². The minimum absolute atomic E-state index is 0.226. The number of carbonyl (C=O) groups is 3. The van der Waals surface area contributed by atoms with Gasteiger partial charge in [0.25, 0.3) is 11.1 Å². The Hall–Kier alpha value is -3.91. The molecule has 34 heavy (non-hydrogen) atoms. The molecule has 0 aromatic heterocycles. The number of hydrogen-bond donors (Lipinski definition) is 1. The summed E-state index contributed by atoms with van der Waals surface area (Å²) in [6, 6.07) is 20.3. The van der Waals surface area contributed by atoms with Gasteiger partial charge >= 0.3 is 0 Å². The fraction of sp³-hybridized carbons (Fsp3) is 0.115. The second-order valence-corrected chi connectivity index (χ2v) is 8.61. The molecule has 1 fully saturated rings. The van der Waals surface area contributed by atoms with Crippen molar-refractivity contribution in [3.8, 4) is 5.75 Å². The number of amides is 3. The molecule has 0 unspecified atom stereocenters. The number of nitrogens with one attached hydrogen (secondary N) is 1. The lowest BCUT2D eigenvalue weighted by atomic mass is 10.2. The molecule has 6 nitrogen and oxygen atoms in total. The molecule has 1 aliphatic rings. The monoisotopic (exact) mass is 476 g/mol. The van der Waals surface area contributed by atoms with E-state index in [0.29, 0.717) is 17.0 Å². The molecule has 3 aromatic carbocycles. The summed E-state index contributed by atoms with van der Waals surface area (Å²) < 4.78 is 18.8. The smallest absolute Gasteiger partial charge is 0.294 e. The molecule has 0 saturated carbocycles. The third kappa shape index (κ3) is 5.71. The molecule has 1 N–H and O–H groups in total. The van der Waals surface area contributed by atoms with E-state index in [-0.39, 0.29) is 23.9 Å². The lowest BCUT2D eigenvalue weighted by molar-refractivity contribution is -0.127. The Balaban J connectivity index is 1.40. The van der Waals surface area contributed by atoms with Crippen LogP contribution in [-0.2, 0) is 16.2 Å². The second-order valence-electron chi connectivity index (χ2n) is 7.62. The van der Waals surface area contributed by atoms with Gasteiger partial charge in [-0.3, -0.25) is 19.3 Å². The number of carbonyl (C=O) groups excluding carboxylic acids is 3. The Bertz CT molecular complexity index is 1270. The second kappa shape index (κ2) is 10.4. The van der Waals surface area contributed by atoms with Gasteiger partial charge in [0.05, 0.1) is 4.91 Å². The zero-order valence-corrected chi connectivity index (χ0v) is 19.1. The Morgan fingerprint density at radius 3 is 2.59 bits per heavy atom. The van der Waals surface area contributed by atoms with Crippen molar-refractivity contribution in [2.45, 2.75) is 13.5 Å². The zero-order valence-electron chi connectivity index (χ0n) is 18.3. The van der Waals surface area contributed by atoms with Crippen LogP contribution in [0.5, 0.6) is 5.75 Å². The highest BCUT2D eigenvalue weighted by atomic mass is 32.2. The van der Waals surface area contributed by atoms with Crippen molar-refractivity contribution in [1.29, 1.82) is 0 Å². The summed E-state index contributed by atoms with van der Waals surface area (Å²) in [6.07, 6.45) is 1.59. The van der Waals surface area contributed by atoms with Crippen molar-refractivity contribution in [3.63, 3.8) is 0 Å². The summed E-state index contributed by atoms with van der Waals surface area (Å²) in [6.45, 7) is 1.75. The van der Waals surface area contributed by atoms with E-state index in [1.54, 1.807) is 54.6 Å². The zero-order chi connectivity index (χ0) is 24.1. The van der Waals surface area contributed by atoms with E-state index >= 15 is 0 Å². The van der Waals surface area contributed by atoms with Gasteiger partial charge in [0.1, 0.15) is 24.7 Å². The van der Waals surface area contributed by atoms with Gasteiger partial charge in [-0.25, -0.2) is 4.39 Å². The molecule has 4 rings (SSSR count). The maximum atomic E-state index is 13.0. The molecule has 0 atom stereocenters. The van der Waals surface area contributed by atoms with Gasteiger partial charge < -0.3 is 10.1 Å². The van der Waals surface area contributed by atoms with Crippen LogP contribution >= 0.6 is 11.8 Å². The summed E-state index contributed by atoms with van der Waals surface area (Å²) in [4.78, 5) is 38.7. The van der Waals surface area contributed by atoms with Gasteiger partial charge in [0, 0.05) is 5.69 Å². The van der Waals surface area contributed by atoms with Crippen molar-refractivity contribution < 1.29 is 23.5 Å². The Morgan fingerprint density at radius 1 is 1.06 bits per heavy atom. The van der Waals surface area contributed by atoms with Crippen molar-refractivity contribution in [3.05, 3.63) is 100 Å². The molecule has 1 saturated heterocycles. The van der Waals surface area contributed by atoms with Crippen LogP contribution in [0.25, 0.3) is 6.08 Å². The van der Waals surface area contributed by atoms with Crippen LogP contribution in [0.1, 0.15) is 16.7 Å². The van der Waals surface area contributed by atoms with Crippen molar-refractivity contribution >= 4 is 40.6 Å². The number of nitrogens with zero attached hydrogens (tertiary/aromatic N) is 1. The molecular formula is C26H21FN2O4S. The summed E-state index contributed by atoms with van der Waals surface area (Å²) in [7, 11) is 0. The molecule has 0 bridgehead atoms. The van der Waals surface area contributed by atoms with Gasteiger partial charge in [0.2, 0.25) is 5.91 Å². The van der Waals surface area contributed by atoms with Crippen molar-refractivity contribution in [2.24, 2.45) is 0 Å². The third-order valence-electron chi connectivity index (χ3n) is 5.07. The fourth-order valence-electron chi connectivity index (χ4n) is 3.28. The molecule has 1 aliphatic heterocycles. The van der Waals surface area contributed by atoms with Gasteiger partial charge in [-0.15, -0.1) is 0 Å². The normalized spacial score (nSPS) is 14.5. The van der Waals surface area contributed by atoms with Crippen molar-refractivity contribution in [2.75, 3.05) is 11.9 Å². The van der Waals surface area contributed by atoms with Crippen LogP contribution in [-0.4, -0.2) is 28.5 Å². The number of ether oxygens (including phenoxy) is 1. The topological polar surface area (TPSA) is 75.7 Å². The average molecular weight is 477 g/mol. The Kier molecular flexibility index (Phi) is 7.08. The molecular weight excluding hydrogens is 455 g/mol. The first-order valence-electron chi connectivity index (χ1n) is 10.5. The highest BCUT2D eigenvalue weighted by molar-refractivity contribution is 8.18. The summed E-state index contributed by atoms with van der Waals surface area (Å²) in [5.41, 5.74) is 3.00. The lowest BCUT2D eigenvalue weighted by Gasteiger charge is -2.13. The van der Waals surface area contributed by atoms with Crippen LogP contribution < -0.4 is 10.1 Å². The molecule has 0 radical (unpaired) electrons.